The number of hydroxylamine groups is 1. The number of fused-ring (bicyclic) bond motifs is 3. The fraction of sp³-hybridized carbons (Fsp3) is 0.524. The Balaban J connectivity index is 1.41. The standard InChI is InChI=1S/C21H26N4O3/c1-24-16-5-3-2-4-13(16)14-6-9-25(11-17(14)24)20(27)18-15(19(26)23-28)10-21(7-8-21)12-22-18/h2-5,15,18,22,28H,6-12H2,1H3,(H,23,26). The minimum atomic E-state index is -0.574. The van der Waals surface area contributed by atoms with Gasteiger partial charge in [-0.3, -0.25) is 14.8 Å². The SMILES string of the molecule is Cn1c2c(c3ccccc31)CCN(C(=O)C1NCC3(CC3)CC1C(=O)NO)C2. The fourth-order valence-electron chi connectivity index (χ4n) is 5.17. The first-order chi connectivity index (χ1) is 13.5. The molecule has 7 nitrogen and oxygen atoms in total. The van der Waals surface area contributed by atoms with Crippen LogP contribution in [0.5, 0.6) is 0 Å². The summed E-state index contributed by atoms with van der Waals surface area (Å²) in [7, 11) is 2.05. The highest BCUT2D eigenvalue weighted by Crippen LogP contribution is 2.52. The molecule has 3 heterocycles. The van der Waals surface area contributed by atoms with Gasteiger partial charge in [-0.15, -0.1) is 0 Å². The smallest absolute Gasteiger partial charge is 0.248 e. The van der Waals surface area contributed by atoms with Crippen molar-refractivity contribution in [2.24, 2.45) is 18.4 Å². The van der Waals surface area contributed by atoms with Crippen LogP contribution in [-0.2, 0) is 29.6 Å². The van der Waals surface area contributed by atoms with Crippen LogP contribution in [0.15, 0.2) is 24.3 Å². The number of carbonyl (C=O) groups excluding carboxylic acids is 2. The number of hydrogen-bond donors (Lipinski definition) is 3. The number of nitrogens with zero attached hydrogens (tertiary/aromatic N) is 2. The molecule has 5 rings (SSSR count). The van der Waals surface area contributed by atoms with Crippen molar-refractivity contribution in [1.82, 2.24) is 20.3 Å². The van der Waals surface area contributed by atoms with Crippen LogP contribution in [0, 0.1) is 11.3 Å². The summed E-state index contributed by atoms with van der Waals surface area (Å²) in [4.78, 5) is 27.5. The van der Waals surface area contributed by atoms with E-state index in [0.29, 0.717) is 19.5 Å². The second kappa shape index (κ2) is 6.32. The maximum absolute atomic E-state index is 13.3. The van der Waals surface area contributed by atoms with Crippen LogP contribution in [0.4, 0.5) is 0 Å². The number of piperidine rings is 1. The van der Waals surface area contributed by atoms with Gasteiger partial charge in [0.15, 0.2) is 0 Å². The molecule has 3 aliphatic rings. The molecule has 7 heteroatoms. The van der Waals surface area contributed by atoms with Crippen LogP contribution in [-0.4, -0.2) is 45.6 Å². The summed E-state index contributed by atoms with van der Waals surface area (Å²) in [5.74, 6) is -1.03. The Bertz CT molecular complexity index is 962. The number of rotatable bonds is 2. The molecule has 2 aromatic rings. The van der Waals surface area contributed by atoms with Gasteiger partial charge < -0.3 is 14.8 Å². The third kappa shape index (κ3) is 2.64. The summed E-state index contributed by atoms with van der Waals surface area (Å²) in [5, 5.41) is 13.8. The number of amides is 2. The Morgan fingerprint density at radius 2 is 2.07 bits per heavy atom. The quantitative estimate of drug-likeness (QED) is 0.540. The Hall–Kier alpha value is -2.38. The molecule has 2 fully saturated rings. The van der Waals surface area contributed by atoms with E-state index in [-0.39, 0.29) is 11.3 Å². The topological polar surface area (TPSA) is 86.6 Å². The molecule has 0 bridgehead atoms. The van der Waals surface area contributed by atoms with Gasteiger partial charge in [-0.2, -0.15) is 0 Å². The maximum Gasteiger partial charge on any atom is 0.248 e. The van der Waals surface area contributed by atoms with E-state index in [4.69, 9.17) is 0 Å². The van der Waals surface area contributed by atoms with Gasteiger partial charge in [-0.25, -0.2) is 5.48 Å². The van der Waals surface area contributed by atoms with Crippen LogP contribution in [0.1, 0.15) is 30.5 Å². The predicted octanol–water partition coefficient (Wildman–Crippen LogP) is 1.33. The van der Waals surface area contributed by atoms with Crippen LogP contribution >= 0.6 is 0 Å². The maximum atomic E-state index is 13.3. The zero-order valence-corrected chi connectivity index (χ0v) is 16.1. The lowest BCUT2D eigenvalue weighted by Gasteiger charge is -2.39. The van der Waals surface area contributed by atoms with Gasteiger partial charge in [0.25, 0.3) is 0 Å². The van der Waals surface area contributed by atoms with Gasteiger partial charge in [-0.05, 0) is 42.7 Å². The first-order valence-electron chi connectivity index (χ1n) is 10.0. The first kappa shape index (κ1) is 17.7. The molecule has 1 aromatic carbocycles. The zero-order chi connectivity index (χ0) is 19.5. The molecular weight excluding hydrogens is 356 g/mol. The van der Waals surface area contributed by atoms with Gasteiger partial charge in [0.05, 0.1) is 18.5 Å². The molecule has 0 radical (unpaired) electrons. The lowest BCUT2D eigenvalue weighted by molar-refractivity contribution is -0.145. The van der Waals surface area contributed by atoms with Crippen molar-refractivity contribution >= 4 is 22.7 Å². The van der Waals surface area contributed by atoms with E-state index in [1.807, 2.05) is 18.0 Å². The second-order valence-corrected chi connectivity index (χ2v) is 8.66. The Morgan fingerprint density at radius 1 is 1.29 bits per heavy atom. The first-order valence-corrected chi connectivity index (χ1v) is 10.0. The normalized spacial score (nSPS) is 25.6. The average molecular weight is 382 g/mol. The van der Waals surface area contributed by atoms with Crippen molar-refractivity contribution in [3.8, 4) is 0 Å². The van der Waals surface area contributed by atoms with Crippen molar-refractivity contribution in [2.45, 2.75) is 38.3 Å². The Morgan fingerprint density at radius 3 is 2.82 bits per heavy atom. The van der Waals surface area contributed by atoms with Crippen molar-refractivity contribution in [3.63, 3.8) is 0 Å². The summed E-state index contributed by atoms with van der Waals surface area (Å²) in [6.07, 6.45) is 3.64. The lowest BCUT2D eigenvalue weighted by Crippen LogP contribution is -2.59. The molecule has 28 heavy (non-hydrogen) atoms. The summed E-state index contributed by atoms with van der Waals surface area (Å²) < 4.78 is 2.18. The number of nitrogens with one attached hydrogen (secondary N) is 2. The van der Waals surface area contributed by atoms with E-state index < -0.39 is 17.9 Å². The molecule has 2 unspecified atom stereocenters. The number of hydrogen-bond acceptors (Lipinski definition) is 4. The lowest BCUT2D eigenvalue weighted by atomic mass is 9.81. The van der Waals surface area contributed by atoms with Crippen molar-refractivity contribution in [3.05, 3.63) is 35.5 Å². The van der Waals surface area contributed by atoms with Gasteiger partial charge in [0.2, 0.25) is 11.8 Å². The number of benzene rings is 1. The molecule has 148 valence electrons. The highest BCUT2D eigenvalue weighted by Gasteiger charge is 2.52. The van der Waals surface area contributed by atoms with Crippen LogP contribution in [0.3, 0.4) is 0 Å². The summed E-state index contributed by atoms with van der Waals surface area (Å²) in [6, 6.07) is 7.77. The highest BCUT2D eigenvalue weighted by molar-refractivity contribution is 5.91. The van der Waals surface area contributed by atoms with Crippen molar-refractivity contribution in [1.29, 1.82) is 0 Å². The molecule has 1 aliphatic carbocycles. The van der Waals surface area contributed by atoms with Crippen LogP contribution < -0.4 is 10.8 Å². The largest absolute Gasteiger partial charge is 0.346 e. The molecule has 2 amide bonds. The van der Waals surface area contributed by atoms with E-state index in [0.717, 1.165) is 25.8 Å². The minimum absolute atomic E-state index is 0.0417. The molecule has 2 aliphatic heterocycles. The van der Waals surface area contributed by atoms with Gasteiger partial charge in [0, 0.05) is 36.7 Å². The van der Waals surface area contributed by atoms with Gasteiger partial charge in [-0.1, -0.05) is 18.2 Å². The second-order valence-electron chi connectivity index (χ2n) is 8.66. The zero-order valence-electron chi connectivity index (χ0n) is 16.1. The Kier molecular flexibility index (Phi) is 4.00. The molecule has 1 saturated carbocycles. The number of aromatic nitrogens is 1. The third-order valence-electron chi connectivity index (χ3n) is 7.05. The minimum Gasteiger partial charge on any atom is -0.346 e. The monoisotopic (exact) mass is 382 g/mol. The number of para-hydroxylation sites is 1. The van der Waals surface area contributed by atoms with Gasteiger partial charge >= 0.3 is 0 Å². The summed E-state index contributed by atoms with van der Waals surface area (Å²) in [5.41, 5.74) is 5.59. The molecule has 1 aromatic heterocycles. The van der Waals surface area contributed by atoms with E-state index in [1.54, 1.807) is 5.48 Å². The third-order valence-corrected chi connectivity index (χ3v) is 7.05. The van der Waals surface area contributed by atoms with Crippen molar-refractivity contribution < 1.29 is 14.8 Å². The summed E-state index contributed by atoms with van der Waals surface area (Å²) >= 11 is 0. The molecule has 1 saturated heterocycles. The van der Waals surface area contributed by atoms with Gasteiger partial charge in [0.1, 0.15) is 0 Å². The molecular formula is C21H26N4O3. The fourth-order valence-corrected chi connectivity index (χ4v) is 5.17. The van der Waals surface area contributed by atoms with E-state index in [1.165, 1.54) is 22.2 Å². The van der Waals surface area contributed by atoms with E-state index >= 15 is 0 Å². The summed E-state index contributed by atoms with van der Waals surface area (Å²) in [6.45, 7) is 1.97. The highest BCUT2D eigenvalue weighted by atomic mass is 16.5. The molecule has 1 spiro atoms. The Labute approximate surface area is 163 Å². The predicted molar refractivity (Wildman–Crippen MR) is 104 cm³/mol. The van der Waals surface area contributed by atoms with Crippen LogP contribution in [0.25, 0.3) is 10.9 Å². The molecule has 2 atom stereocenters. The number of aryl methyl sites for hydroxylation is 1. The van der Waals surface area contributed by atoms with E-state index in [2.05, 4.69) is 28.1 Å². The van der Waals surface area contributed by atoms with E-state index in [9.17, 15) is 14.8 Å². The molecule has 3 N–H and O–H groups in total. The van der Waals surface area contributed by atoms with Crippen molar-refractivity contribution in [2.75, 3.05) is 13.1 Å². The number of carbonyl (C=O) groups is 2. The van der Waals surface area contributed by atoms with Crippen LogP contribution in [0.2, 0.25) is 0 Å². The average Bonchev–Trinajstić information content (AvgIpc) is 3.43.